The quantitative estimate of drug-likeness (QED) is 0.155. The highest BCUT2D eigenvalue weighted by atomic mass is 35.5. The second-order valence-electron chi connectivity index (χ2n) is 31.2. The minimum Gasteiger partial charge on any atom is -0.456 e. The molecule has 0 N–H and O–H groups in total. The summed E-state index contributed by atoms with van der Waals surface area (Å²) >= 11 is 9.89. The predicted molar refractivity (Wildman–Crippen MR) is 401 cm³/mol. The molecule has 15 rings (SSSR count). The van der Waals surface area contributed by atoms with Gasteiger partial charge in [0.15, 0.2) is 0 Å². The number of furan rings is 1. The van der Waals surface area contributed by atoms with Gasteiger partial charge in [-0.3, -0.25) is 0 Å². The van der Waals surface area contributed by atoms with Gasteiger partial charge in [0.05, 0.1) is 16.8 Å². The van der Waals surface area contributed by atoms with Crippen molar-refractivity contribution in [2.45, 2.75) is 131 Å². The van der Waals surface area contributed by atoms with E-state index in [4.69, 9.17) is 16.0 Å². The fraction of sp³-hybridized carbons (Fsp3) is 0.233. The maximum absolute atomic E-state index is 8.02. The Kier molecular flexibility index (Phi) is 13.8. The smallest absolute Gasteiger partial charge is 0.252 e. The maximum atomic E-state index is 8.02. The normalized spacial score (nSPS) is 13.6. The number of fused-ring (bicyclic) bond motifs is 10. The van der Waals surface area contributed by atoms with Crippen LogP contribution in [0.4, 0.5) is 34.1 Å². The molecule has 0 bridgehead atoms. The summed E-state index contributed by atoms with van der Waals surface area (Å²) in [7, 11) is 0. The van der Waals surface area contributed by atoms with Crippen LogP contribution in [0, 0.1) is 0 Å². The molecule has 13 aromatic rings. The number of halogens is 1. The first-order valence-corrected chi connectivity index (χ1v) is 34.0. The maximum Gasteiger partial charge on any atom is 0.252 e. The highest BCUT2D eigenvalue weighted by molar-refractivity contribution is 7.26. The predicted octanol–water partition coefficient (Wildman–Crippen LogP) is 23.8. The lowest BCUT2D eigenvalue weighted by Crippen LogP contribution is -2.61. The van der Waals surface area contributed by atoms with Crippen LogP contribution in [0.15, 0.2) is 217 Å². The molecule has 11 aromatic carbocycles. The fourth-order valence-corrected chi connectivity index (χ4v) is 15.7. The second kappa shape index (κ2) is 21.2. The summed E-state index contributed by atoms with van der Waals surface area (Å²) in [5.74, 6) is 0. The molecule has 4 heterocycles. The number of rotatable bonds is 6. The third kappa shape index (κ3) is 10.1. The lowest BCUT2D eigenvalue weighted by Gasteiger charge is -2.45. The zero-order chi connectivity index (χ0) is 64.3. The van der Waals surface area contributed by atoms with Gasteiger partial charge in [-0.25, -0.2) is 0 Å². The van der Waals surface area contributed by atoms with Crippen LogP contribution in [0.25, 0.3) is 86.6 Å². The number of hydrogen-bond acceptors (Lipinski definition) is 4. The third-order valence-electron chi connectivity index (χ3n) is 19.6. The number of anilines is 6. The van der Waals surface area contributed by atoms with E-state index < -0.39 is 0 Å². The van der Waals surface area contributed by atoms with Gasteiger partial charge in [-0.2, -0.15) is 0 Å². The Morgan fingerprint density at radius 1 is 0.337 bits per heavy atom. The van der Waals surface area contributed by atoms with E-state index in [-0.39, 0.29) is 33.8 Å². The first kappa shape index (κ1) is 59.7. The number of para-hydroxylation sites is 1. The molecule has 0 spiro atoms. The van der Waals surface area contributed by atoms with Crippen molar-refractivity contribution >= 4 is 122 Å². The van der Waals surface area contributed by atoms with E-state index in [2.05, 4.69) is 326 Å². The Bertz CT molecular complexity index is 5100. The van der Waals surface area contributed by atoms with Gasteiger partial charge in [-0.05, 0) is 171 Å². The third-order valence-corrected chi connectivity index (χ3v) is 21.0. The van der Waals surface area contributed by atoms with Crippen LogP contribution >= 0.6 is 22.9 Å². The zero-order valence-corrected chi connectivity index (χ0v) is 57.4. The molecular formula is C86H80BClN2OS. The highest BCUT2D eigenvalue weighted by Gasteiger charge is 2.46. The number of benzene rings is 11. The fourth-order valence-electron chi connectivity index (χ4n) is 14.4. The van der Waals surface area contributed by atoms with Crippen LogP contribution in [-0.4, -0.2) is 6.71 Å². The number of hydrogen-bond donors (Lipinski definition) is 0. The molecule has 2 aliphatic heterocycles. The summed E-state index contributed by atoms with van der Waals surface area (Å²) in [5.41, 5.74) is 27.3. The van der Waals surface area contributed by atoms with Crippen LogP contribution in [0.1, 0.15) is 132 Å². The van der Waals surface area contributed by atoms with Crippen LogP contribution in [0.3, 0.4) is 0 Å². The van der Waals surface area contributed by atoms with Gasteiger partial charge in [0.1, 0.15) is 11.2 Å². The lowest BCUT2D eigenvalue weighted by molar-refractivity contribution is 0.568. The van der Waals surface area contributed by atoms with E-state index >= 15 is 0 Å². The molecule has 92 heavy (non-hydrogen) atoms. The summed E-state index contributed by atoms with van der Waals surface area (Å²) in [6, 6.07) is 80.9. The molecule has 0 aliphatic carbocycles. The van der Waals surface area contributed by atoms with Crippen molar-refractivity contribution < 1.29 is 4.42 Å². The van der Waals surface area contributed by atoms with Crippen LogP contribution in [-0.2, 0) is 27.1 Å². The minimum atomic E-state index is -0.234. The number of nitrogens with zero attached hydrogens (tertiary/aromatic N) is 2. The SMILES string of the molecule is CC(C)(C)c1cccc(-c2ccc3oc4ccccc4c3c2N2c3ccc(-c4cc(C(C)(C)C)cc(C(C)(C)C)c4)cc3B3c4ccc(-c5cc(C(C)(C)C)cc(C(C)(C)C)c5)cc4N(c4cc(-c5ccccc5)cc5sc6ccccc6c45)c4cc(Cl)cc2c43)c1. The van der Waals surface area contributed by atoms with Crippen molar-refractivity contribution in [3.63, 3.8) is 0 Å². The number of thiophene rings is 1. The molecule has 6 heteroatoms. The molecule has 0 unspecified atom stereocenters. The van der Waals surface area contributed by atoms with Gasteiger partial charge >= 0.3 is 0 Å². The second-order valence-corrected chi connectivity index (χ2v) is 32.7. The van der Waals surface area contributed by atoms with E-state index in [0.717, 1.165) is 72.8 Å². The summed E-state index contributed by atoms with van der Waals surface area (Å²) in [4.78, 5) is 5.19. The van der Waals surface area contributed by atoms with E-state index in [0.29, 0.717) is 5.02 Å². The van der Waals surface area contributed by atoms with E-state index in [9.17, 15) is 0 Å². The average Bonchev–Trinajstić information content (AvgIpc) is 0.888. The molecule has 0 radical (unpaired) electrons. The molecule has 0 amide bonds. The Hall–Kier alpha value is -8.61. The first-order valence-electron chi connectivity index (χ1n) is 32.8. The van der Waals surface area contributed by atoms with Crippen LogP contribution < -0.4 is 26.2 Å². The average molecular weight is 1240 g/mol. The first-order chi connectivity index (χ1) is 43.7. The van der Waals surface area contributed by atoms with E-state index in [1.807, 2.05) is 11.3 Å². The van der Waals surface area contributed by atoms with Crippen molar-refractivity contribution in [1.29, 1.82) is 0 Å². The lowest BCUT2D eigenvalue weighted by atomic mass is 9.33. The molecule has 0 saturated heterocycles. The van der Waals surface area contributed by atoms with Gasteiger partial charge in [-0.1, -0.05) is 267 Å². The van der Waals surface area contributed by atoms with Gasteiger partial charge in [0, 0.05) is 58.9 Å². The molecule has 456 valence electrons. The topological polar surface area (TPSA) is 19.6 Å². The standard InChI is InChI=1S/C86H80BClN2OS/c1-82(2,3)58-27-23-26-54(38-58)64-34-37-75-79(65-28-19-21-30-74(65)91-75)81(64)90-69-36-33-52(55-39-59(83(4,5)6)47-60(40-55)84(7,8)9)43-68(69)87-67-35-32-53(56-41-61(85(10,11)12)48-62(42-56)86(13,14)15)44-70(67)89(72-49-63(88)50-73(90)80(72)87)71-45-57(51-24-17-16-18-25-51)46-77-78(71)66-29-20-22-31-76(66)92-77/h16-50H,1-15H3. The Morgan fingerprint density at radius 3 is 1.51 bits per heavy atom. The van der Waals surface area contributed by atoms with Crippen molar-refractivity contribution in [2.24, 2.45) is 0 Å². The van der Waals surface area contributed by atoms with Crippen LogP contribution in [0.5, 0.6) is 0 Å². The largest absolute Gasteiger partial charge is 0.456 e. The van der Waals surface area contributed by atoms with Gasteiger partial charge in [0.25, 0.3) is 6.71 Å². The minimum absolute atomic E-state index is 0.0798. The molecular weight excluding hydrogens is 1160 g/mol. The molecule has 0 fully saturated rings. The van der Waals surface area contributed by atoms with E-state index in [1.54, 1.807) is 0 Å². The Morgan fingerprint density at radius 2 is 0.870 bits per heavy atom. The monoisotopic (exact) mass is 1230 g/mol. The summed E-state index contributed by atoms with van der Waals surface area (Å²) in [5, 5.41) is 5.22. The zero-order valence-electron chi connectivity index (χ0n) is 55.9. The van der Waals surface area contributed by atoms with Gasteiger partial charge in [0.2, 0.25) is 0 Å². The summed E-state index contributed by atoms with van der Waals surface area (Å²) in [6.07, 6.45) is 0. The summed E-state index contributed by atoms with van der Waals surface area (Å²) in [6.45, 7) is 34.7. The van der Waals surface area contributed by atoms with Crippen LogP contribution in [0.2, 0.25) is 5.02 Å². The molecule has 0 saturated carbocycles. The van der Waals surface area contributed by atoms with Crippen molar-refractivity contribution in [3.8, 4) is 44.5 Å². The van der Waals surface area contributed by atoms with Crippen molar-refractivity contribution in [3.05, 3.63) is 245 Å². The van der Waals surface area contributed by atoms with Gasteiger partial charge in [-0.15, -0.1) is 11.3 Å². The molecule has 0 atom stereocenters. The molecule has 3 nitrogen and oxygen atoms in total. The molecule has 2 aliphatic rings. The Balaban J connectivity index is 1.11. The Labute approximate surface area is 553 Å². The molecule has 2 aromatic heterocycles. The highest BCUT2D eigenvalue weighted by Crippen LogP contribution is 2.55. The van der Waals surface area contributed by atoms with Crippen molar-refractivity contribution in [2.75, 3.05) is 9.80 Å². The van der Waals surface area contributed by atoms with Crippen molar-refractivity contribution in [1.82, 2.24) is 0 Å². The summed E-state index contributed by atoms with van der Waals surface area (Å²) < 4.78 is 9.44. The van der Waals surface area contributed by atoms with E-state index in [1.165, 1.54) is 92.2 Å². The van der Waals surface area contributed by atoms with Gasteiger partial charge < -0.3 is 14.2 Å².